The van der Waals surface area contributed by atoms with Crippen LogP contribution in [0.3, 0.4) is 0 Å². The van der Waals surface area contributed by atoms with Crippen LogP contribution in [0.15, 0.2) is 64.2 Å². The zero-order chi connectivity index (χ0) is 21.1. The first-order valence-corrected chi connectivity index (χ1v) is 10.8. The zero-order valence-electron chi connectivity index (χ0n) is 16.8. The second-order valence-corrected chi connectivity index (χ2v) is 8.51. The summed E-state index contributed by atoms with van der Waals surface area (Å²) in [5.74, 6) is -0.481. The summed E-state index contributed by atoms with van der Waals surface area (Å²) in [6, 6.07) is 12.9. The van der Waals surface area contributed by atoms with E-state index in [1.165, 1.54) is 24.0 Å². The van der Waals surface area contributed by atoms with E-state index in [9.17, 15) is 9.18 Å². The minimum Gasteiger partial charge on any atom is -0.375 e. The van der Waals surface area contributed by atoms with Gasteiger partial charge in [0.15, 0.2) is 5.84 Å². The third-order valence-corrected chi connectivity index (χ3v) is 6.46. The molecule has 1 saturated heterocycles. The number of rotatable bonds is 6. The van der Waals surface area contributed by atoms with Crippen LogP contribution in [0.1, 0.15) is 31.2 Å². The lowest BCUT2D eigenvalue weighted by atomic mass is 10.2. The molecule has 2 N–H and O–H groups in total. The van der Waals surface area contributed by atoms with Crippen LogP contribution in [0, 0.1) is 11.4 Å². The largest absolute Gasteiger partial charge is 0.375 e. The number of carbonyl (C=O) groups is 1. The number of nitrogens with one attached hydrogen (secondary N) is 2. The first-order valence-electron chi connectivity index (χ1n) is 10.0. The Morgan fingerprint density at radius 3 is 2.63 bits per heavy atom. The van der Waals surface area contributed by atoms with Crippen molar-refractivity contribution in [3.63, 3.8) is 0 Å². The van der Waals surface area contributed by atoms with Gasteiger partial charge < -0.3 is 5.32 Å². The van der Waals surface area contributed by atoms with Crippen LogP contribution in [0.4, 0.5) is 4.39 Å². The smallest absolute Gasteiger partial charge is 0.278 e. The predicted molar refractivity (Wildman–Crippen MR) is 115 cm³/mol. The van der Waals surface area contributed by atoms with E-state index >= 15 is 0 Å². The second kappa shape index (κ2) is 8.87. The summed E-state index contributed by atoms with van der Waals surface area (Å²) in [5.41, 5.74) is 1.16. The summed E-state index contributed by atoms with van der Waals surface area (Å²) in [5, 5.41) is 16.1. The third kappa shape index (κ3) is 4.18. The van der Waals surface area contributed by atoms with Crippen molar-refractivity contribution in [2.24, 2.45) is 0 Å². The number of amides is 1. The number of benzene rings is 1. The Balaban J connectivity index is 1.65. The second-order valence-electron chi connectivity index (χ2n) is 7.42. The van der Waals surface area contributed by atoms with Crippen LogP contribution in [0.2, 0.25) is 0 Å². The molecule has 0 atom stereocenters. The molecule has 1 amide bonds. The summed E-state index contributed by atoms with van der Waals surface area (Å²) < 4.78 is 13.1. The SMILES string of the molecule is CN1C(=O)/C(=C(/NCc2ccc(F)nc2)Sc2ccccc2)C(=N)N1C1CCCC1. The Morgan fingerprint density at radius 2 is 1.97 bits per heavy atom. The van der Waals surface area contributed by atoms with Gasteiger partial charge in [-0.05, 0) is 36.6 Å². The summed E-state index contributed by atoms with van der Waals surface area (Å²) in [6.45, 7) is 0.375. The maximum atomic E-state index is 13.1. The quantitative estimate of drug-likeness (QED) is 0.417. The van der Waals surface area contributed by atoms with Gasteiger partial charge in [0, 0.05) is 24.7 Å². The van der Waals surface area contributed by atoms with E-state index in [4.69, 9.17) is 5.41 Å². The fraction of sp³-hybridized carbons (Fsp3) is 0.318. The summed E-state index contributed by atoms with van der Waals surface area (Å²) >= 11 is 1.42. The highest BCUT2D eigenvalue weighted by Crippen LogP contribution is 2.35. The molecule has 30 heavy (non-hydrogen) atoms. The number of hydrogen-bond donors (Lipinski definition) is 2. The molecule has 2 aliphatic rings. The van der Waals surface area contributed by atoms with E-state index < -0.39 is 5.95 Å². The first kappa shape index (κ1) is 20.4. The fourth-order valence-corrected chi connectivity index (χ4v) is 4.84. The third-order valence-electron chi connectivity index (χ3n) is 5.40. The lowest BCUT2D eigenvalue weighted by molar-refractivity contribution is -0.133. The monoisotopic (exact) mass is 425 g/mol. The Morgan fingerprint density at radius 1 is 1.23 bits per heavy atom. The van der Waals surface area contributed by atoms with Gasteiger partial charge in [0.05, 0.1) is 11.1 Å². The van der Waals surface area contributed by atoms with Gasteiger partial charge in [-0.25, -0.2) is 4.98 Å². The molecule has 0 spiro atoms. The van der Waals surface area contributed by atoms with E-state index in [1.54, 1.807) is 18.1 Å². The van der Waals surface area contributed by atoms with Crippen LogP contribution in [0.5, 0.6) is 0 Å². The average Bonchev–Trinajstić information content (AvgIpc) is 3.34. The van der Waals surface area contributed by atoms with E-state index in [2.05, 4.69) is 10.3 Å². The van der Waals surface area contributed by atoms with Gasteiger partial charge in [0.2, 0.25) is 5.95 Å². The molecular formula is C22H24FN5OS. The molecule has 156 valence electrons. The van der Waals surface area contributed by atoms with Crippen molar-refractivity contribution in [3.05, 3.63) is 70.8 Å². The number of carbonyl (C=O) groups excluding carboxylic acids is 1. The number of hydrazine groups is 1. The molecule has 0 radical (unpaired) electrons. The molecule has 1 aliphatic heterocycles. The summed E-state index contributed by atoms with van der Waals surface area (Å²) in [6.07, 6.45) is 5.69. The van der Waals surface area contributed by atoms with Crippen molar-refractivity contribution in [3.8, 4) is 0 Å². The highest BCUT2D eigenvalue weighted by Gasteiger charge is 2.42. The fourth-order valence-electron chi connectivity index (χ4n) is 3.88. The number of hydrogen-bond acceptors (Lipinski definition) is 5. The van der Waals surface area contributed by atoms with E-state index in [0.717, 1.165) is 36.1 Å². The van der Waals surface area contributed by atoms with Gasteiger partial charge in [0.1, 0.15) is 5.57 Å². The Labute approximate surface area is 179 Å². The van der Waals surface area contributed by atoms with E-state index in [0.29, 0.717) is 17.1 Å². The van der Waals surface area contributed by atoms with Crippen molar-refractivity contribution < 1.29 is 9.18 Å². The molecule has 1 aromatic carbocycles. The Bertz CT molecular complexity index is 957. The van der Waals surface area contributed by atoms with Crippen LogP contribution >= 0.6 is 11.8 Å². The molecule has 6 nitrogen and oxygen atoms in total. The molecule has 2 heterocycles. The highest BCUT2D eigenvalue weighted by molar-refractivity contribution is 8.03. The molecule has 0 bridgehead atoms. The molecule has 0 unspecified atom stereocenters. The number of aromatic nitrogens is 1. The van der Waals surface area contributed by atoms with Gasteiger partial charge in [-0.3, -0.25) is 20.2 Å². The van der Waals surface area contributed by atoms with Crippen molar-refractivity contribution in [1.82, 2.24) is 20.3 Å². The number of thioether (sulfide) groups is 1. The predicted octanol–water partition coefficient (Wildman–Crippen LogP) is 3.92. The number of likely N-dealkylation sites (N-methyl/N-ethyl adjacent to an activating group) is 1. The molecule has 2 fully saturated rings. The molecule has 8 heteroatoms. The van der Waals surface area contributed by atoms with E-state index in [1.807, 2.05) is 35.3 Å². The summed E-state index contributed by atoms with van der Waals surface area (Å²) in [4.78, 5) is 17.8. The van der Waals surface area contributed by atoms with Crippen molar-refractivity contribution in [2.45, 2.75) is 43.2 Å². The molecule has 1 aliphatic carbocycles. The summed E-state index contributed by atoms with van der Waals surface area (Å²) in [7, 11) is 1.73. The van der Waals surface area contributed by atoms with Gasteiger partial charge in [-0.1, -0.05) is 48.9 Å². The van der Waals surface area contributed by atoms with E-state index in [-0.39, 0.29) is 17.8 Å². The Hall–Kier alpha value is -2.87. The molecule has 1 saturated carbocycles. The Kier molecular flexibility index (Phi) is 6.03. The highest BCUT2D eigenvalue weighted by atomic mass is 32.2. The first-order chi connectivity index (χ1) is 14.5. The topological polar surface area (TPSA) is 72.3 Å². The van der Waals surface area contributed by atoms with Crippen LogP contribution in [0.25, 0.3) is 0 Å². The number of amidine groups is 1. The maximum Gasteiger partial charge on any atom is 0.278 e. The normalized spacial score (nSPS) is 19.0. The lowest BCUT2D eigenvalue weighted by Gasteiger charge is -2.30. The van der Waals surface area contributed by atoms with Crippen molar-refractivity contribution in [1.29, 1.82) is 5.41 Å². The van der Waals surface area contributed by atoms with Crippen LogP contribution in [-0.2, 0) is 11.3 Å². The van der Waals surface area contributed by atoms with Crippen molar-refractivity contribution in [2.75, 3.05) is 7.05 Å². The zero-order valence-corrected chi connectivity index (χ0v) is 17.6. The molecule has 4 rings (SSSR count). The van der Waals surface area contributed by atoms with Gasteiger partial charge in [-0.15, -0.1) is 0 Å². The van der Waals surface area contributed by atoms with Gasteiger partial charge in [0.25, 0.3) is 5.91 Å². The van der Waals surface area contributed by atoms with Gasteiger partial charge >= 0.3 is 0 Å². The van der Waals surface area contributed by atoms with Gasteiger partial charge in [-0.2, -0.15) is 4.39 Å². The minimum atomic E-state index is -0.530. The maximum absolute atomic E-state index is 13.1. The molecular weight excluding hydrogens is 401 g/mol. The lowest BCUT2D eigenvalue weighted by Crippen LogP contribution is -2.43. The molecule has 2 aromatic rings. The van der Waals surface area contributed by atoms with Crippen LogP contribution in [-0.4, -0.2) is 39.8 Å². The standard InChI is InChI=1S/C22H24FN5OS/c1-27-22(29)19(20(24)28(27)16-7-5-6-8-16)21(30-17-9-3-2-4-10-17)26-14-15-11-12-18(23)25-13-15/h2-4,9-13,16,24,26H,5-8,14H2,1H3/b21-19-,24-20?. The average molecular weight is 426 g/mol. The van der Waals surface area contributed by atoms with Crippen LogP contribution < -0.4 is 5.32 Å². The number of pyridine rings is 1. The number of nitrogens with zero attached hydrogens (tertiary/aromatic N) is 3. The van der Waals surface area contributed by atoms with Crippen molar-refractivity contribution >= 4 is 23.5 Å². The molecule has 1 aromatic heterocycles. The minimum absolute atomic E-state index is 0.185. The number of halogens is 1.